The van der Waals surface area contributed by atoms with Crippen molar-refractivity contribution in [2.45, 2.75) is 11.8 Å². The first kappa shape index (κ1) is 11.0. The molecule has 2 aromatic carbocycles. The molecule has 2 aromatic rings. The average molecular weight is 232 g/mol. The zero-order valence-electron chi connectivity index (χ0n) is 10.3. The van der Waals surface area contributed by atoms with Crippen molar-refractivity contribution in [2.24, 2.45) is 0 Å². The van der Waals surface area contributed by atoms with Gasteiger partial charge in [-0.25, -0.2) is 0 Å². The molecule has 3 rings (SSSR count). The van der Waals surface area contributed by atoms with Crippen LogP contribution in [0.25, 0.3) is 6.08 Å². The van der Waals surface area contributed by atoms with E-state index in [1.165, 1.54) is 16.7 Å². The van der Waals surface area contributed by atoms with Crippen LogP contribution in [-0.4, -0.2) is 0 Å². The van der Waals surface area contributed by atoms with Crippen molar-refractivity contribution in [1.29, 1.82) is 0 Å². The van der Waals surface area contributed by atoms with Crippen LogP contribution < -0.4 is 0 Å². The van der Waals surface area contributed by atoms with E-state index in [-0.39, 0.29) is 5.41 Å². The van der Waals surface area contributed by atoms with Crippen molar-refractivity contribution in [3.05, 3.63) is 90.0 Å². The van der Waals surface area contributed by atoms with Crippen LogP contribution in [0.15, 0.2) is 73.3 Å². The standard InChI is InChI=1S/C18H16/c1-2-13-18(16-9-4-3-5-10-16)14-12-15-8-6-7-11-17(15)18/h2-12,14H,1,13H2. The smallest absolute Gasteiger partial charge is 0.0425 e. The molecule has 1 unspecified atom stereocenters. The Morgan fingerprint density at radius 3 is 2.44 bits per heavy atom. The van der Waals surface area contributed by atoms with Crippen LogP contribution >= 0.6 is 0 Å². The molecule has 0 N–H and O–H groups in total. The molecule has 0 bridgehead atoms. The number of allylic oxidation sites excluding steroid dienone is 2. The van der Waals surface area contributed by atoms with Gasteiger partial charge in [-0.05, 0) is 23.1 Å². The van der Waals surface area contributed by atoms with E-state index in [2.05, 4.69) is 73.3 Å². The van der Waals surface area contributed by atoms with Crippen molar-refractivity contribution >= 4 is 6.08 Å². The van der Waals surface area contributed by atoms with Gasteiger partial charge in [0.25, 0.3) is 0 Å². The maximum atomic E-state index is 3.93. The fourth-order valence-corrected chi connectivity index (χ4v) is 2.88. The van der Waals surface area contributed by atoms with Crippen LogP contribution in [-0.2, 0) is 5.41 Å². The molecule has 0 nitrogen and oxygen atoms in total. The van der Waals surface area contributed by atoms with E-state index >= 15 is 0 Å². The van der Waals surface area contributed by atoms with Gasteiger partial charge in [-0.2, -0.15) is 0 Å². The summed E-state index contributed by atoms with van der Waals surface area (Å²) in [7, 11) is 0. The predicted octanol–water partition coefficient (Wildman–Crippen LogP) is 4.58. The summed E-state index contributed by atoms with van der Waals surface area (Å²) >= 11 is 0. The summed E-state index contributed by atoms with van der Waals surface area (Å²) in [6, 6.07) is 19.3. The SMILES string of the molecule is C=CCC1(c2ccccc2)C=Cc2ccccc21. The molecule has 88 valence electrons. The Hall–Kier alpha value is -2.08. The van der Waals surface area contributed by atoms with E-state index in [0.717, 1.165) is 6.42 Å². The molecular formula is C18H16. The second-order valence-corrected chi connectivity index (χ2v) is 4.75. The zero-order valence-corrected chi connectivity index (χ0v) is 10.3. The minimum Gasteiger partial charge on any atom is -0.103 e. The molecule has 0 fully saturated rings. The summed E-state index contributed by atoms with van der Waals surface area (Å²) < 4.78 is 0. The number of fused-ring (bicyclic) bond motifs is 1. The van der Waals surface area contributed by atoms with Crippen LogP contribution in [0.2, 0.25) is 0 Å². The van der Waals surface area contributed by atoms with Gasteiger partial charge in [0.05, 0.1) is 0 Å². The minimum atomic E-state index is -0.0282. The molecule has 0 heterocycles. The molecule has 0 radical (unpaired) electrons. The molecule has 1 aliphatic rings. The summed E-state index contributed by atoms with van der Waals surface area (Å²) in [4.78, 5) is 0. The molecule has 0 aliphatic heterocycles. The normalized spacial score (nSPS) is 20.7. The lowest BCUT2D eigenvalue weighted by Crippen LogP contribution is -2.22. The quantitative estimate of drug-likeness (QED) is 0.680. The van der Waals surface area contributed by atoms with Gasteiger partial charge in [0.15, 0.2) is 0 Å². The van der Waals surface area contributed by atoms with Gasteiger partial charge in [-0.15, -0.1) is 6.58 Å². The molecule has 1 atom stereocenters. The van der Waals surface area contributed by atoms with E-state index in [0.29, 0.717) is 0 Å². The predicted molar refractivity (Wildman–Crippen MR) is 77.5 cm³/mol. The van der Waals surface area contributed by atoms with E-state index in [4.69, 9.17) is 0 Å². The largest absolute Gasteiger partial charge is 0.103 e. The lowest BCUT2D eigenvalue weighted by atomic mass is 9.74. The molecule has 0 amide bonds. The number of benzene rings is 2. The van der Waals surface area contributed by atoms with Gasteiger partial charge in [-0.1, -0.05) is 72.8 Å². The zero-order chi connectivity index (χ0) is 12.4. The lowest BCUT2D eigenvalue weighted by molar-refractivity contribution is 0.666. The fourth-order valence-electron chi connectivity index (χ4n) is 2.88. The van der Waals surface area contributed by atoms with Crippen molar-refractivity contribution in [3.8, 4) is 0 Å². The summed E-state index contributed by atoms with van der Waals surface area (Å²) in [5.41, 5.74) is 4.02. The van der Waals surface area contributed by atoms with Gasteiger partial charge in [-0.3, -0.25) is 0 Å². The molecule has 1 aliphatic carbocycles. The Kier molecular flexibility index (Phi) is 2.64. The summed E-state index contributed by atoms with van der Waals surface area (Å²) in [6.07, 6.45) is 7.49. The third-order valence-electron chi connectivity index (χ3n) is 3.74. The molecule has 0 heteroatoms. The minimum absolute atomic E-state index is 0.0282. The third kappa shape index (κ3) is 1.53. The average Bonchev–Trinajstić information content (AvgIpc) is 2.81. The van der Waals surface area contributed by atoms with Gasteiger partial charge in [0.2, 0.25) is 0 Å². The Balaban J connectivity index is 2.22. The highest BCUT2D eigenvalue weighted by Crippen LogP contribution is 2.44. The Morgan fingerprint density at radius 2 is 1.67 bits per heavy atom. The second-order valence-electron chi connectivity index (χ2n) is 4.75. The van der Waals surface area contributed by atoms with Crippen LogP contribution in [0.3, 0.4) is 0 Å². The Bertz CT molecular complexity index is 592. The maximum absolute atomic E-state index is 3.93. The number of hydrogen-bond donors (Lipinski definition) is 0. The van der Waals surface area contributed by atoms with Crippen LogP contribution in [0, 0.1) is 0 Å². The van der Waals surface area contributed by atoms with E-state index < -0.39 is 0 Å². The first-order valence-corrected chi connectivity index (χ1v) is 6.32. The highest BCUT2D eigenvalue weighted by molar-refractivity contribution is 5.69. The van der Waals surface area contributed by atoms with Gasteiger partial charge in [0, 0.05) is 5.41 Å². The highest BCUT2D eigenvalue weighted by Gasteiger charge is 2.34. The van der Waals surface area contributed by atoms with Crippen LogP contribution in [0.5, 0.6) is 0 Å². The topological polar surface area (TPSA) is 0 Å². The van der Waals surface area contributed by atoms with Gasteiger partial charge >= 0.3 is 0 Å². The Morgan fingerprint density at radius 1 is 0.944 bits per heavy atom. The van der Waals surface area contributed by atoms with Crippen LogP contribution in [0.4, 0.5) is 0 Å². The molecule has 0 spiro atoms. The van der Waals surface area contributed by atoms with Crippen molar-refractivity contribution in [3.63, 3.8) is 0 Å². The van der Waals surface area contributed by atoms with E-state index in [1.807, 2.05) is 6.08 Å². The summed E-state index contributed by atoms with van der Waals surface area (Å²) in [6.45, 7) is 3.93. The summed E-state index contributed by atoms with van der Waals surface area (Å²) in [5, 5.41) is 0. The van der Waals surface area contributed by atoms with Crippen molar-refractivity contribution in [1.82, 2.24) is 0 Å². The van der Waals surface area contributed by atoms with Crippen molar-refractivity contribution in [2.75, 3.05) is 0 Å². The summed E-state index contributed by atoms with van der Waals surface area (Å²) in [5.74, 6) is 0. The van der Waals surface area contributed by atoms with Gasteiger partial charge < -0.3 is 0 Å². The first-order valence-electron chi connectivity index (χ1n) is 6.32. The monoisotopic (exact) mass is 232 g/mol. The van der Waals surface area contributed by atoms with Crippen molar-refractivity contribution < 1.29 is 0 Å². The molecule has 0 aromatic heterocycles. The van der Waals surface area contributed by atoms with E-state index in [1.54, 1.807) is 0 Å². The second kappa shape index (κ2) is 4.30. The molecule has 0 saturated carbocycles. The molecular weight excluding hydrogens is 216 g/mol. The highest BCUT2D eigenvalue weighted by atomic mass is 14.4. The first-order chi connectivity index (χ1) is 8.87. The number of hydrogen-bond acceptors (Lipinski definition) is 0. The van der Waals surface area contributed by atoms with Gasteiger partial charge in [0.1, 0.15) is 0 Å². The van der Waals surface area contributed by atoms with Crippen LogP contribution in [0.1, 0.15) is 23.1 Å². The lowest BCUT2D eigenvalue weighted by Gasteiger charge is -2.29. The number of rotatable bonds is 3. The maximum Gasteiger partial charge on any atom is 0.0425 e. The third-order valence-corrected chi connectivity index (χ3v) is 3.74. The Labute approximate surface area is 108 Å². The van der Waals surface area contributed by atoms with E-state index in [9.17, 15) is 0 Å². The molecule has 0 saturated heterocycles. The fraction of sp³-hybridized carbons (Fsp3) is 0.111. The molecule has 18 heavy (non-hydrogen) atoms.